The van der Waals surface area contributed by atoms with Crippen LogP contribution in [0.5, 0.6) is 0 Å². The van der Waals surface area contributed by atoms with Crippen LogP contribution in [0.2, 0.25) is 0 Å². The van der Waals surface area contributed by atoms with Crippen LogP contribution < -0.4 is 0 Å². The molecule has 0 radical (unpaired) electrons. The van der Waals surface area contributed by atoms with Gasteiger partial charge in [-0.3, -0.25) is 4.79 Å². The van der Waals surface area contributed by atoms with Gasteiger partial charge in [-0.1, -0.05) is 12.1 Å². The summed E-state index contributed by atoms with van der Waals surface area (Å²) in [4.78, 5) is 10.8. The summed E-state index contributed by atoms with van der Waals surface area (Å²) in [7, 11) is 1.82. The Balaban J connectivity index is 2.56. The van der Waals surface area contributed by atoms with Crippen molar-refractivity contribution >= 4 is 37.9 Å². The fourth-order valence-corrected chi connectivity index (χ4v) is 3.19. The molecule has 3 rings (SSSR count). The van der Waals surface area contributed by atoms with Crippen LogP contribution in [0.25, 0.3) is 20.3 Å². The number of rotatable bonds is 1. The number of aryl methyl sites for hydroxylation is 1. The smallest absolute Gasteiger partial charge is 0.166 e. The van der Waals surface area contributed by atoms with Crippen molar-refractivity contribution in [3.8, 4) is 0 Å². The van der Waals surface area contributed by atoms with Gasteiger partial charge in [0, 0.05) is 12.4 Å². The summed E-state index contributed by atoms with van der Waals surface area (Å²) in [6.07, 6.45) is 0.817. The predicted molar refractivity (Wildman–Crippen MR) is 63.6 cm³/mol. The second-order valence-corrected chi connectivity index (χ2v) is 4.73. The monoisotopic (exact) mass is 233 g/mol. The van der Waals surface area contributed by atoms with Gasteiger partial charge in [-0.25, -0.2) is 4.39 Å². The average Bonchev–Trinajstić information content (AvgIpc) is 2.77. The Morgan fingerprint density at radius 2 is 2.25 bits per heavy atom. The lowest BCUT2D eigenvalue weighted by atomic mass is 10.2. The predicted octanol–water partition coefficient (Wildman–Crippen LogP) is 3.34. The van der Waals surface area contributed by atoms with E-state index in [4.69, 9.17) is 0 Å². The number of halogens is 1. The van der Waals surface area contributed by atoms with Gasteiger partial charge in [-0.2, -0.15) is 0 Å². The Hall–Kier alpha value is -1.68. The van der Waals surface area contributed by atoms with Crippen LogP contribution in [0.15, 0.2) is 24.3 Å². The first-order valence-corrected chi connectivity index (χ1v) is 5.65. The minimum atomic E-state index is -0.202. The lowest BCUT2D eigenvalue weighted by Gasteiger charge is -1.97. The molecule has 4 heteroatoms. The van der Waals surface area contributed by atoms with E-state index in [2.05, 4.69) is 0 Å². The van der Waals surface area contributed by atoms with Crippen molar-refractivity contribution in [3.63, 3.8) is 0 Å². The first-order chi connectivity index (χ1) is 7.72. The third kappa shape index (κ3) is 1.08. The van der Waals surface area contributed by atoms with Crippen LogP contribution >= 0.6 is 11.3 Å². The molecule has 2 aromatic heterocycles. The van der Waals surface area contributed by atoms with E-state index in [1.54, 1.807) is 16.7 Å². The summed E-state index contributed by atoms with van der Waals surface area (Å²) in [6.45, 7) is 0. The van der Waals surface area contributed by atoms with Crippen LogP contribution in [-0.4, -0.2) is 10.9 Å². The van der Waals surface area contributed by atoms with Crippen LogP contribution in [0.3, 0.4) is 0 Å². The van der Waals surface area contributed by atoms with E-state index in [9.17, 15) is 9.18 Å². The number of aldehydes is 1. The zero-order valence-electron chi connectivity index (χ0n) is 8.53. The standard InChI is InChI=1S/C12H8FNOS/c1-14-7(6-15)5-10-11(14)8-3-2-4-9(13)12(8)16-10/h2-6H,1H3. The lowest BCUT2D eigenvalue weighted by molar-refractivity contribution is 0.111. The van der Waals surface area contributed by atoms with Crippen molar-refractivity contribution in [2.45, 2.75) is 0 Å². The van der Waals surface area contributed by atoms with Gasteiger partial charge in [-0.15, -0.1) is 11.3 Å². The van der Waals surface area contributed by atoms with Gasteiger partial charge in [0.15, 0.2) is 6.29 Å². The number of hydrogen-bond acceptors (Lipinski definition) is 2. The molecule has 2 nitrogen and oxygen atoms in total. The summed E-state index contributed by atoms with van der Waals surface area (Å²) in [5.41, 5.74) is 1.55. The maximum absolute atomic E-state index is 13.5. The van der Waals surface area contributed by atoms with Crippen LogP contribution in [-0.2, 0) is 7.05 Å². The number of nitrogens with zero attached hydrogens (tertiary/aromatic N) is 1. The van der Waals surface area contributed by atoms with Gasteiger partial charge in [0.2, 0.25) is 0 Å². The second-order valence-electron chi connectivity index (χ2n) is 3.68. The molecule has 0 atom stereocenters. The van der Waals surface area contributed by atoms with Gasteiger partial charge in [0.05, 0.1) is 20.6 Å². The first kappa shape index (κ1) is 9.54. The molecule has 0 fully saturated rings. The quantitative estimate of drug-likeness (QED) is 0.591. The molecule has 0 saturated carbocycles. The van der Waals surface area contributed by atoms with Crippen LogP contribution in [0.4, 0.5) is 4.39 Å². The highest BCUT2D eigenvalue weighted by Crippen LogP contribution is 2.36. The maximum atomic E-state index is 13.5. The van der Waals surface area contributed by atoms with Gasteiger partial charge in [0.1, 0.15) is 5.82 Å². The SMILES string of the molecule is Cn1c(C=O)cc2sc3c(F)cccc3c21. The van der Waals surface area contributed by atoms with Gasteiger partial charge in [0.25, 0.3) is 0 Å². The molecule has 3 aromatic rings. The summed E-state index contributed by atoms with van der Waals surface area (Å²) < 4.78 is 17.0. The molecular formula is C12H8FNOS. The maximum Gasteiger partial charge on any atom is 0.166 e. The van der Waals surface area contributed by atoms with Crippen molar-refractivity contribution in [1.82, 2.24) is 4.57 Å². The molecule has 0 unspecified atom stereocenters. The number of carbonyl (C=O) groups excluding carboxylic acids is 1. The van der Waals surface area contributed by atoms with Crippen molar-refractivity contribution < 1.29 is 9.18 Å². The van der Waals surface area contributed by atoms with Crippen molar-refractivity contribution in [1.29, 1.82) is 0 Å². The lowest BCUT2D eigenvalue weighted by Crippen LogP contribution is -1.93. The summed E-state index contributed by atoms with van der Waals surface area (Å²) in [6, 6.07) is 6.83. The molecule has 0 N–H and O–H groups in total. The number of fused-ring (bicyclic) bond motifs is 3. The van der Waals surface area contributed by atoms with E-state index in [0.29, 0.717) is 10.4 Å². The number of thiophene rings is 1. The van der Waals surface area contributed by atoms with Crippen molar-refractivity contribution in [2.75, 3.05) is 0 Å². The van der Waals surface area contributed by atoms with Gasteiger partial charge < -0.3 is 4.57 Å². The fourth-order valence-electron chi connectivity index (χ4n) is 2.01. The second kappa shape index (κ2) is 3.15. The molecule has 0 aliphatic heterocycles. The Morgan fingerprint density at radius 3 is 3.00 bits per heavy atom. The number of benzene rings is 1. The Bertz CT molecular complexity index is 711. The van der Waals surface area contributed by atoms with Crippen LogP contribution in [0.1, 0.15) is 10.5 Å². The zero-order valence-corrected chi connectivity index (χ0v) is 9.34. The highest BCUT2D eigenvalue weighted by Gasteiger charge is 2.13. The molecule has 0 bridgehead atoms. The first-order valence-electron chi connectivity index (χ1n) is 4.84. The Morgan fingerprint density at radius 1 is 1.44 bits per heavy atom. The minimum absolute atomic E-state index is 0.202. The third-order valence-electron chi connectivity index (χ3n) is 2.79. The molecular weight excluding hydrogens is 225 g/mol. The van der Waals surface area contributed by atoms with Crippen molar-refractivity contribution in [2.24, 2.45) is 7.05 Å². The van der Waals surface area contributed by atoms with E-state index in [0.717, 1.165) is 21.9 Å². The molecule has 0 amide bonds. The van der Waals surface area contributed by atoms with Gasteiger partial charge >= 0.3 is 0 Å². The molecule has 0 saturated heterocycles. The largest absolute Gasteiger partial charge is 0.340 e. The Kier molecular flexibility index (Phi) is 1.88. The van der Waals surface area contributed by atoms with Gasteiger partial charge in [-0.05, 0) is 12.1 Å². The number of hydrogen-bond donors (Lipinski definition) is 0. The highest BCUT2D eigenvalue weighted by atomic mass is 32.1. The van der Waals surface area contributed by atoms with E-state index in [1.165, 1.54) is 17.4 Å². The number of carbonyl (C=O) groups is 1. The summed E-state index contributed by atoms with van der Waals surface area (Å²) in [5.74, 6) is -0.202. The third-order valence-corrected chi connectivity index (χ3v) is 3.94. The molecule has 0 aliphatic rings. The number of aromatic nitrogens is 1. The zero-order chi connectivity index (χ0) is 11.3. The molecule has 1 aromatic carbocycles. The van der Waals surface area contributed by atoms with E-state index >= 15 is 0 Å². The minimum Gasteiger partial charge on any atom is -0.340 e. The normalized spacial score (nSPS) is 11.4. The molecule has 80 valence electrons. The van der Waals surface area contributed by atoms with E-state index in [-0.39, 0.29) is 5.82 Å². The molecule has 0 spiro atoms. The average molecular weight is 233 g/mol. The highest BCUT2D eigenvalue weighted by molar-refractivity contribution is 7.25. The Labute approximate surface area is 94.9 Å². The summed E-state index contributed by atoms with van der Waals surface area (Å²) >= 11 is 1.38. The van der Waals surface area contributed by atoms with Crippen molar-refractivity contribution in [3.05, 3.63) is 35.8 Å². The molecule has 0 aliphatic carbocycles. The fraction of sp³-hybridized carbons (Fsp3) is 0.0833. The van der Waals surface area contributed by atoms with Crippen LogP contribution in [0, 0.1) is 5.82 Å². The molecule has 2 heterocycles. The topological polar surface area (TPSA) is 22.0 Å². The van der Waals surface area contributed by atoms with E-state index < -0.39 is 0 Å². The summed E-state index contributed by atoms with van der Waals surface area (Å²) in [5, 5.41) is 0.871. The molecule has 16 heavy (non-hydrogen) atoms. The van der Waals surface area contributed by atoms with E-state index in [1.807, 2.05) is 13.1 Å².